The minimum atomic E-state index is -4.54. The summed E-state index contributed by atoms with van der Waals surface area (Å²) in [7, 11) is 0. The molecule has 1 aromatic heterocycles. The van der Waals surface area contributed by atoms with E-state index >= 15 is 0 Å². The summed E-state index contributed by atoms with van der Waals surface area (Å²) in [6.45, 7) is 0.852. The summed E-state index contributed by atoms with van der Waals surface area (Å²) in [6, 6.07) is 5.21. The van der Waals surface area contributed by atoms with Gasteiger partial charge in [-0.15, -0.1) is 0 Å². The van der Waals surface area contributed by atoms with Crippen molar-refractivity contribution in [1.82, 2.24) is 9.97 Å². The summed E-state index contributed by atoms with van der Waals surface area (Å²) in [4.78, 5) is 18.6. The van der Waals surface area contributed by atoms with Gasteiger partial charge >= 0.3 is 12.1 Å². The molecule has 0 radical (unpaired) electrons. The first-order valence-electron chi connectivity index (χ1n) is 6.28. The molecule has 0 aliphatic rings. The van der Waals surface area contributed by atoms with Crippen molar-refractivity contribution in [3.63, 3.8) is 0 Å². The molecule has 0 fully saturated rings. The van der Waals surface area contributed by atoms with Crippen LogP contribution in [0.2, 0.25) is 5.02 Å². The number of aromatic carboxylic acids is 1. The second-order valence-corrected chi connectivity index (χ2v) is 4.92. The Kier molecular flexibility index (Phi) is 4.74. The lowest BCUT2D eigenvalue weighted by atomic mass is 10.2. The number of nitrogens with zero attached hydrogens (tertiary/aromatic N) is 2. The number of hydrogen-bond acceptors (Lipinski definition) is 4. The maximum atomic E-state index is 12.6. The Morgan fingerprint density at radius 1 is 1.35 bits per heavy atom. The lowest BCUT2D eigenvalue weighted by molar-refractivity contribution is -0.189. The van der Waals surface area contributed by atoms with E-state index in [1.165, 1.54) is 30.5 Å². The van der Waals surface area contributed by atoms with Crippen molar-refractivity contribution < 1.29 is 27.8 Å². The summed E-state index contributed by atoms with van der Waals surface area (Å²) >= 11 is 5.83. The topological polar surface area (TPSA) is 72.3 Å². The molecule has 0 amide bonds. The minimum absolute atomic E-state index is 0.0146. The Hall–Kier alpha value is -2.35. The van der Waals surface area contributed by atoms with Crippen molar-refractivity contribution in [3.8, 4) is 17.1 Å². The van der Waals surface area contributed by atoms with E-state index in [1.54, 1.807) is 0 Å². The van der Waals surface area contributed by atoms with E-state index in [2.05, 4.69) is 9.97 Å². The number of carboxylic acids is 1. The van der Waals surface area contributed by atoms with Gasteiger partial charge < -0.3 is 9.84 Å². The molecule has 1 aromatic carbocycles. The van der Waals surface area contributed by atoms with Gasteiger partial charge in [-0.3, -0.25) is 0 Å². The van der Waals surface area contributed by atoms with Gasteiger partial charge in [0.25, 0.3) is 0 Å². The Balaban J connectivity index is 2.37. The summed E-state index contributed by atoms with van der Waals surface area (Å²) < 4.78 is 42.5. The smallest absolute Gasteiger partial charge is 0.425 e. The molecule has 0 saturated carbocycles. The van der Waals surface area contributed by atoms with E-state index in [9.17, 15) is 18.0 Å². The van der Waals surface area contributed by atoms with Crippen molar-refractivity contribution in [3.05, 3.63) is 41.2 Å². The molecule has 0 spiro atoms. The monoisotopic (exact) mass is 346 g/mol. The highest BCUT2D eigenvalue weighted by atomic mass is 35.5. The molecular weight excluding hydrogens is 337 g/mol. The predicted octanol–water partition coefficient (Wildman–Crippen LogP) is 3.82. The standard InChI is InChI=1S/C14H10ClF3N2O3/c1-7(14(16,17)18)23-11-6-8(2-3-9(11)15)12-19-5-4-10(20-12)13(21)22/h2-7H,1H3,(H,21,22). The number of rotatable bonds is 4. The quantitative estimate of drug-likeness (QED) is 0.911. The largest absolute Gasteiger partial charge is 0.480 e. The molecule has 5 nitrogen and oxygen atoms in total. The molecule has 1 unspecified atom stereocenters. The summed E-state index contributed by atoms with van der Waals surface area (Å²) in [5, 5.41) is 8.89. The molecule has 2 rings (SSSR count). The second kappa shape index (κ2) is 6.41. The molecule has 23 heavy (non-hydrogen) atoms. The van der Waals surface area contributed by atoms with Gasteiger partial charge in [0.15, 0.2) is 17.6 Å². The molecule has 1 heterocycles. The normalized spacial score (nSPS) is 12.7. The zero-order valence-electron chi connectivity index (χ0n) is 11.6. The lowest BCUT2D eigenvalue weighted by Gasteiger charge is -2.18. The number of carboxylic acid groups (broad SMARTS) is 1. The van der Waals surface area contributed by atoms with Crippen LogP contribution >= 0.6 is 11.6 Å². The van der Waals surface area contributed by atoms with Gasteiger partial charge in [0, 0.05) is 11.8 Å². The molecule has 1 N–H and O–H groups in total. The van der Waals surface area contributed by atoms with E-state index in [0.29, 0.717) is 0 Å². The highest BCUT2D eigenvalue weighted by Crippen LogP contribution is 2.32. The fourth-order valence-corrected chi connectivity index (χ4v) is 1.77. The van der Waals surface area contributed by atoms with E-state index < -0.39 is 18.2 Å². The van der Waals surface area contributed by atoms with Crippen LogP contribution in [0.3, 0.4) is 0 Å². The minimum Gasteiger partial charge on any atom is -0.480 e. The van der Waals surface area contributed by atoms with Crippen LogP contribution in [0, 0.1) is 0 Å². The molecule has 2 aromatic rings. The Labute approximate surface area is 133 Å². The van der Waals surface area contributed by atoms with Crippen LogP contribution in [0.15, 0.2) is 30.5 Å². The fraction of sp³-hybridized carbons (Fsp3) is 0.214. The molecule has 9 heteroatoms. The van der Waals surface area contributed by atoms with Gasteiger partial charge in [0.1, 0.15) is 5.75 Å². The second-order valence-electron chi connectivity index (χ2n) is 4.52. The van der Waals surface area contributed by atoms with Crippen LogP contribution in [0.5, 0.6) is 5.75 Å². The van der Waals surface area contributed by atoms with Gasteiger partial charge in [0.2, 0.25) is 0 Å². The summed E-state index contributed by atoms with van der Waals surface area (Å²) in [6.07, 6.45) is -5.36. The summed E-state index contributed by atoms with van der Waals surface area (Å²) in [5.41, 5.74) is 0.0398. The third kappa shape index (κ3) is 4.10. The summed E-state index contributed by atoms with van der Waals surface area (Å²) in [5.74, 6) is -1.41. The van der Waals surface area contributed by atoms with Gasteiger partial charge in [-0.25, -0.2) is 14.8 Å². The van der Waals surface area contributed by atoms with Crippen LogP contribution in [0.4, 0.5) is 13.2 Å². The van der Waals surface area contributed by atoms with Crippen LogP contribution in [0.25, 0.3) is 11.4 Å². The number of ether oxygens (including phenoxy) is 1. The van der Waals surface area contributed by atoms with Crippen molar-refractivity contribution in [2.75, 3.05) is 0 Å². The number of carbonyl (C=O) groups is 1. The zero-order chi connectivity index (χ0) is 17.2. The molecule has 1 atom stereocenters. The first kappa shape index (κ1) is 17.0. The first-order chi connectivity index (χ1) is 10.7. The lowest BCUT2D eigenvalue weighted by Crippen LogP contribution is -2.31. The predicted molar refractivity (Wildman–Crippen MR) is 75.6 cm³/mol. The molecule has 0 aliphatic carbocycles. The van der Waals surface area contributed by atoms with Crippen molar-refractivity contribution in [2.45, 2.75) is 19.2 Å². The SMILES string of the molecule is CC(Oc1cc(-c2nccc(C(=O)O)n2)ccc1Cl)C(F)(F)F. The maximum Gasteiger partial charge on any atom is 0.425 e. The Morgan fingerprint density at radius 3 is 2.65 bits per heavy atom. The highest BCUT2D eigenvalue weighted by Gasteiger charge is 2.38. The average molecular weight is 347 g/mol. The van der Waals surface area contributed by atoms with Crippen LogP contribution in [0.1, 0.15) is 17.4 Å². The number of hydrogen-bond donors (Lipinski definition) is 1. The van der Waals surface area contributed by atoms with E-state index in [0.717, 1.165) is 6.92 Å². The fourth-order valence-electron chi connectivity index (χ4n) is 1.61. The molecule has 0 bridgehead atoms. The van der Waals surface area contributed by atoms with E-state index in [4.69, 9.17) is 21.4 Å². The van der Waals surface area contributed by atoms with Gasteiger partial charge in [0.05, 0.1) is 5.02 Å². The molecule has 122 valence electrons. The number of halogens is 4. The molecular formula is C14H10ClF3N2O3. The van der Waals surface area contributed by atoms with Crippen LogP contribution < -0.4 is 4.74 Å². The first-order valence-corrected chi connectivity index (χ1v) is 6.66. The van der Waals surface area contributed by atoms with Gasteiger partial charge in [-0.2, -0.15) is 13.2 Å². The Morgan fingerprint density at radius 2 is 2.04 bits per heavy atom. The van der Waals surface area contributed by atoms with Crippen LogP contribution in [-0.2, 0) is 0 Å². The average Bonchev–Trinajstić information content (AvgIpc) is 2.48. The van der Waals surface area contributed by atoms with Crippen molar-refractivity contribution in [2.24, 2.45) is 0 Å². The number of benzene rings is 1. The Bertz CT molecular complexity index is 737. The van der Waals surface area contributed by atoms with Crippen LogP contribution in [-0.4, -0.2) is 33.3 Å². The third-order valence-corrected chi connectivity index (χ3v) is 3.14. The van der Waals surface area contributed by atoms with Crippen molar-refractivity contribution in [1.29, 1.82) is 0 Å². The van der Waals surface area contributed by atoms with E-state index in [1.807, 2.05) is 0 Å². The van der Waals surface area contributed by atoms with Gasteiger partial charge in [-0.1, -0.05) is 11.6 Å². The zero-order valence-corrected chi connectivity index (χ0v) is 12.4. The van der Waals surface area contributed by atoms with Gasteiger partial charge in [-0.05, 0) is 31.2 Å². The third-order valence-electron chi connectivity index (χ3n) is 2.83. The number of aromatic nitrogens is 2. The highest BCUT2D eigenvalue weighted by molar-refractivity contribution is 6.32. The molecule has 0 aliphatic heterocycles. The number of alkyl halides is 3. The molecule has 0 saturated heterocycles. The van der Waals surface area contributed by atoms with Crippen molar-refractivity contribution >= 4 is 17.6 Å². The van der Waals surface area contributed by atoms with E-state index in [-0.39, 0.29) is 27.9 Å². The maximum absolute atomic E-state index is 12.6.